The Hall–Kier alpha value is -2.49. The third-order valence-electron chi connectivity index (χ3n) is 6.74. The fourth-order valence-corrected chi connectivity index (χ4v) is 4.90. The van der Waals surface area contributed by atoms with Gasteiger partial charge in [-0.05, 0) is 62.7 Å². The molecule has 1 aromatic heterocycles. The van der Waals surface area contributed by atoms with Crippen LogP contribution in [0.25, 0.3) is 5.69 Å². The highest BCUT2D eigenvalue weighted by atomic mass is 35.5. The number of nitrogens with zero attached hydrogens (tertiary/aromatic N) is 4. The highest BCUT2D eigenvalue weighted by Gasteiger charge is 2.23. The molecule has 0 bridgehead atoms. The van der Waals surface area contributed by atoms with Gasteiger partial charge in [0.05, 0.1) is 18.9 Å². The van der Waals surface area contributed by atoms with Crippen molar-refractivity contribution in [3.63, 3.8) is 0 Å². The molecule has 2 N–H and O–H groups in total. The normalized spacial score (nSPS) is 14.3. The first-order valence-corrected chi connectivity index (χ1v) is 12.5. The van der Waals surface area contributed by atoms with Crippen molar-refractivity contribution in [1.29, 1.82) is 0 Å². The van der Waals surface area contributed by atoms with Crippen LogP contribution in [0.2, 0.25) is 5.02 Å². The number of aromatic nitrogens is 2. The van der Waals surface area contributed by atoms with Gasteiger partial charge in [-0.1, -0.05) is 17.7 Å². The summed E-state index contributed by atoms with van der Waals surface area (Å²) in [7, 11) is 1.63. The number of nitrogens with one attached hydrogen (secondary N) is 1. The summed E-state index contributed by atoms with van der Waals surface area (Å²) in [4.78, 5) is 21.9. The minimum absolute atomic E-state index is 0. The van der Waals surface area contributed by atoms with Gasteiger partial charge in [-0.3, -0.25) is 9.69 Å². The Balaban J connectivity index is 0.00000253. The molecule has 1 unspecified atom stereocenters. The number of carbonyl (C=O) groups excluding carboxylic acids is 1. The number of benzene rings is 2. The Morgan fingerprint density at radius 1 is 1.08 bits per heavy atom. The van der Waals surface area contributed by atoms with Gasteiger partial charge in [0.25, 0.3) is 5.91 Å². The Labute approximate surface area is 241 Å². The van der Waals surface area contributed by atoms with Gasteiger partial charge in [-0.25, -0.2) is 4.98 Å². The summed E-state index contributed by atoms with van der Waals surface area (Å²) in [6.45, 7) is 9.84. The second kappa shape index (κ2) is 14.1. The number of anilines is 1. The summed E-state index contributed by atoms with van der Waals surface area (Å²) < 4.78 is 7.17. The standard InChI is InChI=1S/C27H34ClN5O3.2ClH/c1-18-24(28)6-5-7-25(18)32-14-12-31(13-15-32)17-22(34)16-29-27(35)26-19(2)33(20(3)30-26)21-8-10-23(36-4)11-9-21;;/h5-11,22,34H,12-17H2,1-4H3,(H,29,35);2*1H. The number of halogens is 3. The maximum atomic E-state index is 12.9. The van der Waals surface area contributed by atoms with E-state index >= 15 is 0 Å². The van der Waals surface area contributed by atoms with E-state index in [1.165, 1.54) is 0 Å². The minimum atomic E-state index is -0.668. The van der Waals surface area contributed by atoms with Gasteiger partial charge in [0.15, 0.2) is 0 Å². The molecule has 0 spiro atoms. The van der Waals surface area contributed by atoms with Crippen LogP contribution in [0.1, 0.15) is 27.6 Å². The summed E-state index contributed by atoms with van der Waals surface area (Å²) in [5.74, 6) is 1.20. The topological polar surface area (TPSA) is 82.9 Å². The average molecular weight is 585 g/mol. The number of aliphatic hydroxyl groups excluding tert-OH is 1. The summed E-state index contributed by atoms with van der Waals surface area (Å²) in [5, 5.41) is 14.2. The van der Waals surface area contributed by atoms with E-state index in [9.17, 15) is 9.90 Å². The van der Waals surface area contributed by atoms with Gasteiger partial charge >= 0.3 is 0 Å². The fourth-order valence-electron chi connectivity index (χ4n) is 4.74. The number of hydrogen-bond donors (Lipinski definition) is 2. The van der Waals surface area contributed by atoms with Crippen molar-refractivity contribution in [2.24, 2.45) is 0 Å². The number of imidazole rings is 1. The maximum Gasteiger partial charge on any atom is 0.271 e. The van der Waals surface area contributed by atoms with Crippen LogP contribution in [0.4, 0.5) is 5.69 Å². The number of hydrogen-bond acceptors (Lipinski definition) is 6. The predicted octanol–water partition coefficient (Wildman–Crippen LogP) is 4.22. The van der Waals surface area contributed by atoms with Crippen LogP contribution in [-0.4, -0.2) is 77.9 Å². The van der Waals surface area contributed by atoms with Crippen molar-refractivity contribution < 1.29 is 14.6 Å². The quantitative estimate of drug-likeness (QED) is 0.413. The van der Waals surface area contributed by atoms with Gasteiger partial charge in [-0.2, -0.15) is 0 Å². The number of aliphatic hydroxyl groups is 1. The Bertz CT molecular complexity index is 1210. The molecule has 1 aliphatic rings. The van der Waals surface area contributed by atoms with Crippen LogP contribution in [0, 0.1) is 20.8 Å². The molecule has 1 aliphatic heterocycles. The molecule has 11 heteroatoms. The molecule has 208 valence electrons. The molecule has 2 heterocycles. The van der Waals surface area contributed by atoms with Crippen LogP contribution < -0.4 is 15.0 Å². The van der Waals surface area contributed by atoms with Crippen LogP contribution in [0.5, 0.6) is 5.75 Å². The van der Waals surface area contributed by atoms with E-state index < -0.39 is 6.10 Å². The van der Waals surface area contributed by atoms with E-state index in [2.05, 4.69) is 26.2 Å². The molecule has 1 fully saturated rings. The highest BCUT2D eigenvalue weighted by Crippen LogP contribution is 2.27. The van der Waals surface area contributed by atoms with Crippen LogP contribution in [-0.2, 0) is 0 Å². The number of amides is 1. The van der Waals surface area contributed by atoms with Gasteiger partial charge in [0.1, 0.15) is 17.3 Å². The fraction of sp³-hybridized carbons (Fsp3) is 0.407. The molecule has 1 amide bonds. The first-order chi connectivity index (χ1) is 17.3. The second-order valence-corrected chi connectivity index (χ2v) is 9.57. The van der Waals surface area contributed by atoms with E-state index in [-0.39, 0.29) is 37.3 Å². The molecular weight excluding hydrogens is 549 g/mol. The van der Waals surface area contributed by atoms with Crippen LogP contribution in [0.15, 0.2) is 42.5 Å². The first-order valence-electron chi connectivity index (χ1n) is 12.2. The number of piperazine rings is 1. The number of rotatable bonds is 8. The number of carbonyl (C=O) groups is 1. The smallest absolute Gasteiger partial charge is 0.271 e. The summed E-state index contributed by atoms with van der Waals surface area (Å²) in [6, 6.07) is 13.6. The lowest BCUT2D eigenvalue weighted by molar-refractivity contribution is 0.0847. The van der Waals surface area contributed by atoms with Crippen LogP contribution >= 0.6 is 36.4 Å². The van der Waals surface area contributed by atoms with Crippen molar-refractivity contribution in [2.45, 2.75) is 26.9 Å². The molecule has 2 aromatic carbocycles. The van der Waals surface area contributed by atoms with Gasteiger partial charge in [0, 0.05) is 55.7 Å². The molecule has 1 atom stereocenters. The first kappa shape index (κ1) is 31.7. The molecule has 38 heavy (non-hydrogen) atoms. The molecule has 0 radical (unpaired) electrons. The highest BCUT2D eigenvalue weighted by molar-refractivity contribution is 6.31. The zero-order valence-corrected chi connectivity index (χ0v) is 24.5. The summed E-state index contributed by atoms with van der Waals surface area (Å²) in [5.41, 5.74) is 4.27. The largest absolute Gasteiger partial charge is 0.497 e. The molecule has 8 nitrogen and oxygen atoms in total. The van der Waals surface area contributed by atoms with E-state index in [0.717, 1.165) is 65.4 Å². The van der Waals surface area contributed by atoms with Gasteiger partial charge < -0.3 is 24.6 Å². The van der Waals surface area contributed by atoms with Gasteiger partial charge in [0.2, 0.25) is 0 Å². The van der Waals surface area contributed by atoms with Crippen molar-refractivity contribution in [2.75, 3.05) is 51.3 Å². The SMILES string of the molecule is COc1ccc(-n2c(C)nc(C(=O)NCC(O)CN3CCN(c4cccc(Cl)c4C)CC3)c2C)cc1.Cl.Cl. The average Bonchev–Trinajstić information content (AvgIpc) is 3.18. The summed E-state index contributed by atoms with van der Waals surface area (Å²) >= 11 is 6.28. The monoisotopic (exact) mass is 583 g/mol. The number of ether oxygens (including phenoxy) is 1. The van der Waals surface area contributed by atoms with Crippen molar-refractivity contribution in [3.05, 3.63) is 70.3 Å². The zero-order valence-electron chi connectivity index (χ0n) is 22.1. The van der Waals surface area contributed by atoms with Crippen molar-refractivity contribution in [3.8, 4) is 11.4 Å². The van der Waals surface area contributed by atoms with Gasteiger partial charge in [-0.15, -0.1) is 24.8 Å². The van der Waals surface area contributed by atoms with E-state index in [0.29, 0.717) is 12.2 Å². The van der Waals surface area contributed by atoms with E-state index in [1.807, 2.05) is 61.7 Å². The molecule has 1 saturated heterocycles. The Morgan fingerprint density at radius 3 is 2.37 bits per heavy atom. The molecule has 3 aromatic rings. The predicted molar refractivity (Wildman–Crippen MR) is 157 cm³/mol. The van der Waals surface area contributed by atoms with Crippen LogP contribution in [0.3, 0.4) is 0 Å². The third kappa shape index (κ3) is 7.12. The summed E-state index contributed by atoms with van der Waals surface area (Å²) in [6.07, 6.45) is -0.668. The lowest BCUT2D eigenvalue weighted by Gasteiger charge is -2.37. The Kier molecular flexibility index (Phi) is 11.7. The number of β-amino-alcohol motifs (C(OH)–C–C–N with tert-alkyl or cyclic N) is 1. The third-order valence-corrected chi connectivity index (χ3v) is 7.15. The molecule has 0 saturated carbocycles. The lowest BCUT2D eigenvalue weighted by Crippen LogP contribution is -2.50. The molecular formula is C27H36Cl3N5O3. The van der Waals surface area contributed by atoms with Crippen molar-refractivity contribution in [1.82, 2.24) is 19.8 Å². The number of methoxy groups -OCH3 is 1. The van der Waals surface area contributed by atoms with E-state index in [4.69, 9.17) is 16.3 Å². The molecule has 4 rings (SSSR count). The van der Waals surface area contributed by atoms with Crippen molar-refractivity contribution >= 4 is 48.0 Å². The minimum Gasteiger partial charge on any atom is -0.497 e. The second-order valence-electron chi connectivity index (χ2n) is 9.16. The van der Waals surface area contributed by atoms with E-state index in [1.54, 1.807) is 7.11 Å². The maximum absolute atomic E-state index is 12.9. The zero-order chi connectivity index (χ0) is 25.8. The lowest BCUT2D eigenvalue weighted by atomic mass is 10.1. The number of aryl methyl sites for hydroxylation is 1. The Morgan fingerprint density at radius 2 is 1.74 bits per heavy atom. The molecule has 0 aliphatic carbocycles.